The lowest BCUT2D eigenvalue weighted by atomic mass is 10.1. The summed E-state index contributed by atoms with van der Waals surface area (Å²) >= 11 is 0. The van der Waals surface area contributed by atoms with Crippen molar-refractivity contribution in [2.24, 2.45) is 0 Å². The number of rotatable bonds is 8. The van der Waals surface area contributed by atoms with Gasteiger partial charge < -0.3 is 14.8 Å². The smallest absolute Gasteiger partial charge is 0.271 e. The van der Waals surface area contributed by atoms with Crippen molar-refractivity contribution in [1.82, 2.24) is 0 Å². The molecule has 0 unspecified atom stereocenters. The molecule has 1 amide bonds. The second-order valence-electron chi connectivity index (χ2n) is 5.72. The molecule has 0 aliphatic carbocycles. The number of carbonyl (C=O) groups excluding carboxylic acids is 1. The molecular formula is C19H22N2O5. The van der Waals surface area contributed by atoms with E-state index in [4.69, 9.17) is 9.47 Å². The number of amides is 1. The largest absolute Gasteiger partial charge is 0.493 e. The molecule has 0 bridgehead atoms. The molecule has 7 heteroatoms. The van der Waals surface area contributed by atoms with Crippen LogP contribution in [0.3, 0.4) is 0 Å². The van der Waals surface area contributed by atoms with E-state index in [0.29, 0.717) is 30.2 Å². The zero-order valence-electron chi connectivity index (χ0n) is 15.1. The maximum atomic E-state index is 12.2. The number of benzene rings is 2. The van der Waals surface area contributed by atoms with Crippen molar-refractivity contribution in [2.75, 3.05) is 19.0 Å². The number of carbonyl (C=O) groups is 1. The molecule has 0 atom stereocenters. The van der Waals surface area contributed by atoms with E-state index in [2.05, 4.69) is 5.32 Å². The summed E-state index contributed by atoms with van der Waals surface area (Å²) < 4.78 is 10.8. The molecule has 0 aliphatic rings. The lowest BCUT2D eigenvalue weighted by Crippen LogP contribution is -2.13. The number of anilines is 1. The Kier molecular flexibility index (Phi) is 6.54. The highest BCUT2D eigenvalue weighted by Crippen LogP contribution is 2.28. The second kappa shape index (κ2) is 8.84. The Bertz CT molecular complexity index is 805. The molecule has 0 aromatic heterocycles. The number of ether oxygens (including phenoxy) is 2. The highest BCUT2D eigenvalue weighted by molar-refractivity contribution is 5.92. The molecule has 0 aliphatic heterocycles. The van der Waals surface area contributed by atoms with Crippen LogP contribution < -0.4 is 14.8 Å². The first-order chi connectivity index (χ1) is 12.4. The van der Waals surface area contributed by atoms with Crippen molar-refractivity contribution in [3.63, 3.8) is 0 Å². The predicted molar refractivity (Wildman–Crippen MR) is 98.9 cm³/mol. The minimum atomic E-state index is -0.485. The molecule has 0 spiro atoms. The lowest BCUT2D eigenvalue weighted by molar-refractivity contribution is -0.384. The van der Waals surface area contributed by atoms with E-state index < -0.39 is 4.92 Å². The number of aryl methyl sites for hydroxylation is 2. The van der Waals surface area contributed by atoms with Crippen molar-refractivity contribution < 1.29 is 19.2 Å². The molecular weight excluding hydrogens is 336 g/mol. The van der Waals surface area contributed by atoms with Gasteiger partial charge in [-0.15, -0.1) is 0 Å². The minimum absolute atomic E-state index is 0.0536. The Labute approximate surface area is 152 Å². The van der Waals surface area contributed by atoms with Gasteiger partial charge >= 0.3 is 0 Å². The van der Waals surface area contributed by atoms with Crippen LogP contribution in [0.1, 0.15) is 24.5 Å². The Morgan fingerprint density at radius 3 is 2.62 bits per heavy atom. The minimum Gasteiger partial charge on any atom is -0.493 e. The van der Waals surface area contributed by atoms with Gasteiger partial charge in [-0.05, 0) is 43.5 Å². The summed E-state index contributed by atoms with van der Waals surface area (Å²) in [5, 5.41) is 13.6. The third kappa shape index (κ3) is 4.95. The fraction of sp³-hybridized carbons (Fsp3) is 0.316. The second-order valence-corrected chi connectivity index (χ2v) is 5.72. The molecule has 26 heavy (non-hydrogen) atoms. The Balaban J connectivity index is 2.01. The third-order valence-corrected chi connectivity index (χ3v) is 3.87. The van der Waals surface area contributed by atoms with E-state index in [9.17, 15) is 14.9 Å². The molecule has 0 heterocycles. The number of non-ortho nitro benzene ring substituents is 1. The maximum absolute atomic E-state index is 12.2. The Morgan fingerprint density at radius 1 is 1.19 bits per heavy atom. The number of nitrogens with zero attached hydrogens (tertiary/aromatic N) is 1. The van der Waals surface area contributed by atoms with Crippen molar-refractivity contribution in [3.05, 3.63) is 57.6 Å². The van der Waals surface area contributed by atoms with E-state index in [1.807, 2.05) is 25.1 Å². The molecule has 0 fully saturated rings. The van der Waals surface area contributed by atoms with Gasteiger partial charge in [-0.25, -0.2) is 0 Å². The highest BCUT2D eigenvalue weighted by Gasteiger charge is 2.12. The third-order valence-electron chi connectivity index (χ3n) is 3.87. The Hall–Kier alpha value is -3.09. The number of hydrogen-bond acceptors (Lipinski definition) is 5. The van der Waals surface area contributed by atoms with Crippen LogP contribution in [-0.2, 0) is 11.2 Å². The molecule has 0 saturated heterocycles. The van der Waals surface area contributed by atoms with Crippen LogP contribution >= 0.6 is 0 Å². The first kappa shape index (κ1) is 19.2. The van der Waals surface area contributed by atoms with Crippen LogP contribution in [0.2, 0.25) is 0 Å². The fourth-order valence-corrected chi connectivity index (χ4v) is 2.47. The number of hydrogen-bond donors (Lipinski definition) is 1. The van der Waals surface area contributed by atoms with Gasteiger partial charge in [0.2, 0.25) is 5.91 Å². The van der Waals surface area contributed by atoms with Crippen LogP contribution in [0.5, 0.6) is 11.5 Å². The van der Waals surface area contributed by atoms with Crippen LogP contribution in [0.25, 0.3) is 0 Å². The Morgan fingerprint density at radius 2 is 1.96 bits per heavy atom. The molecule has 2 aromatic carbocycles. The summed E-state index contributed by atoms with van der Waals surface area (Å²) in [6.07, 6.45) is 0.766. The molecule has 2 rings (SSSR count). The van der Waals surface area contributed by atoms with Crippen molar-refractivity contribution in [1.29, 1.82) is 0 Å². The van der Waals surface area contributed by atoms with Gasteiger partial charge in [0, 0.05) is 18.6 Å². The summed E-state index contributed by atoms with van der Waals surface area (Å²) in [7, 11) is 1.57. The van der Waals surface area contributed by atoms with Crippen LogP contribution in [0, 0.1) is 17.0 Å². The summed E-state index contributed by atoms with van der Waals surface area (Å²) in [6.45, 7) is 4.23. The quantitative estimate of drug-likeness (QED) is 0.571. The average Bonchev–Trinajstić information content (AvgIpc) is 2.62. The normalized spacial score (nSPS) is 10.3. The van der Waals surface area contributed by atoms with Gasteiger partial charge in [0.1, 0.15) is 0 Å². The summed E-state index contributed by atoms with van der Waals surface area (Å²) in [4.78, 5) is 22.6. The summed E-state index contributed by atoms with van der Waals surface area (Å²) in [5.74, 6) is 1.08. The zero-order chi connectivity index (χ0) is 19.1. The molecule has 2 aromatic rings. The standard InChI is InChI=1S/C19H22N2O5/c1-4-26-17-9-6-14(11-18(17)25-3)7-10-19(22)20-16-12-15(21(23)24)8-5-13(16)2/h5-6,8-9,11-12H,4,7,10H2,1-3H3,(H,20,22). The first-order valence-corrected chi connectivity index (χ1v) is 8.29. The van der Waals surface area contributed by atoms with Crippen LogP contribution in [0.15, 0.2) is 36.4 Å². The summed E-state index contributed by atoms with van der Waals surface area (Å²) in [5.41, 5.74) is 2.11. The number of nitrogens with one attached hydrogen (secondary N) is 1. The van der Waals surface area contributed by atoms with Crippen molar-refractivity contribution >= 4 is 17.3 Å². The average molecular weight is 358 g/mol. The lowest BCUT2D eigenvalue weighted by Gasteiger charge is -2.11. The van der Waals surface area contributed by atoms with Crippen LogP contribution in [0.4, 0.5) is 11.4 Å². The maximum Gasteiger partial charge on any atom is 0.271 e. The number of nitro groups is 1. The molecule has 0 radical (unpaired) electrons. The molecule has 1 N–H and O–H groups in total. The van der Waals surface area contributed by atoms with Gasteiger partial charge in [-0.1, -0.05) is 12.1 Å². The van der Waals surface area contributed by atoms with Crippen LogP contribution in [-0.4, -0.2) is 24.5 Å². The van der Waals surface area contributed by atoms with E-state index in [-0.39, 0.29) is 18.0 Å². The molecule has 0 saturated carbocycles. The number of nitro benzene ring substituents is 1. The van der Waals surface area contributed by atoms with Crippen molar-refractivity contribution in [3.8, 4) is 11.5 Å². The van der Waals surface area contributed by atoms with Crippen molar-refractivity contribution in [2.45, 2.75) is 26.7 Å². The first-order valence-electron chi connectivity index (χ1n) is 8.29. The number of methoxy groups -OCH3 is 1. The van der Waals surface area contributed by atoms with E-state index in [1.165, 1.54) is 12.1 Å². The van der Waals surface area contributed by atoms with Gasteiger partial charge in [0.25, 0.3) is 5.69 Å². The van der Waals surface area contributed by atoms with Gasteiger partial charge in [0.15, 0.2) is 11.5 Å². The molecule has 138 valence electrons. The predicted octanol–water partition coefficient (Wildman–Crippen LogP) is 3.88. The van der Waals surface area contributed by atoms with E-state index in [0.717, 1.165) is 11.1 Å². The van der Waals surface area contributed by atoms with Gasteiger partial charge in [-0.3, -0.25) is 14.9 Å². The molecule has 7 nitrogen and oxygen atoms in total. The van der Waals surface area contributed by atoms with Gasteiger partial charge in [-0.2, -0.15) is 0 Å². The summed E-state index contributed by atoms with van der Waals surface area (Å²) in [6, 6.07) is 9.95. The van der Waals surface area contributed by atoms with E-state index >= 15 is 0 Å². The van der Waals surface area contributed by atoms with E-state index in [1.54, 1.807) is 20.1 Å². The monoisotopic (exact) mass is 358 g/mol. The zero-order valence-corrected chi connectivity index (χ0v) is 15.1. The topological polar surface area (TPSA) is 90.7 Å². The van der Waals surface area contributed by atoms with Gasteiger partial charge in [0.05, 0.1) is 24.3 Å². The fourth-order valence-electron chi connectivity index (χ4n) is 2.47. The SMILES string of the molecule is CCOc1ccc(CCC(=O)Nc2cc([N+](=O)[O-])ccc2C)cc1OC. The highest BCUT2D eigenvalue weighted by atomic mass is 16.6.